The van der Waals surface area contributed by atoms with Crippen molar-refractivity contribution in [1.82, 2.24) is 9.97 Å². The second-order valence-electron chi connectivity index (χ2n) is 6.65. The molecule has 3 heterocycles. The summed E-state index contributed by atoms with van der Waals surface area (Å²) in [6, 6.07) is 11.6. The summed E-state index contributed by atoms with van der Waals surface area (Å²) >= 11 is 1.60. The first-order chi connectivity index (χ1) is 13.6. The predicted octanol–water partition coefficient (Wildman–Crippen LogP) is 3.68. The predicted molar refractivity (Wildman–Crippen MR) is 110 cm³/mol. The molecule has 0 saturated heterocycles. The number of benzene rings is 1. The number of carbonyl (C=O) groups is 1. The van der Waals surface area contributed by atoms with Gasteiger partial charge in [0.15, 0.2) is 6.10 Å². The van der Waals surface area contributed by atoms with Crippen LogP contribution < -0.4 is 9.64 Å². The minimum absolute atomic E-state index is 0.0344. The smallest absolute Gasteiger partial charge is 0.267 e. The van der Waals surface area contributed by atoms with Crippen LogP contribution in [0.15, 0.2) is 42.6 Å². The number of amides is 1. The Morgan fingerprint density at radius 2 is 2.14 bits per heavy atom. The van der Waals surface area contributed by atoms with Gasteiger partial charge in [0.2, 0.25) is 0 Å². The van der Waals surface area contributed by atoms with E-state index in [0.717, 1.165) is 32.5 Å². The van der Waals surface area contributed by atoms with Crippen molar-refractivity contribution in [3.63, 3.8) is 0 Å². The summed E-state index contributed by atoms with van der Waals surface area (Å²) in [5, 5.41) is 10.1. The van der Waals surface area contributed by atoms with E-state index in [4.69, 9.17) is 9.72 Å². The molecule has 1 atom stereocenters. The van der Waals surface area contributed by atoms with E-state index >= 15 is 0 Å². The lowest BCUT2D eigenvalue weighted by molar-refractivity contribution is -0.125. The number of rotatable bonds is 5. The minimum atomic E-state index is -0.534. The molecule has 6 nitrogen and oxygen atoms in total. The van der Waals surface area contributed by atoms with E-state index in [9.17, 15) is 9.90 Å². The van der Waals surface area contributed by atoms with E-state index in [1.54, 1.807) is 29.4 Å². The van der Waals surface area contributed by atoms with Gasteiger partial charge in [-0.25, -0.2) is 4.98 Å². The molecule has 0 aliphatic carbocycles. The van der Waals surface area contributed by atoms with E-state index in [1.807, 2.05) is 43.3 Å². The SMILES string of the molecule is Cc1sc(-c2ccccn2)nc1-c1ccc2c(c1)N(CCCO)C(=O)C(C)O2. The topological polar surface area (TPSA) is 75.5 Å². The van der Waals surface area contributed by atoms with Crippen LogP contribution in [0.4, 0.5) is 5.69 Å². The van der Waals surface area contributed by atoms with Gasteiger partial charge in [0.1, 0.15) is 10.8 Å². The first kappa shape index (κ1) is 18.6. The van der Waals surface area contributed by atoms with Gasteiger partial charge in [-0.05, 0) is 50.6 Å². The second kappa shape index (κ2) is 7.69. The molecule has 144 valence electrons. The number of aryl methyl sites for hydroxylation is 1. The Balaban J connectivity index is 1.74. The first-order valence-corrected chi connectivity index (χ1v) is 10.0. The first-order valence-electron chi connectivity index (χ1n) is 9.20. The molecule has 0 fully saturated rings. The van der Waals surface area contributed by atoms with Gasteiger partial charge in [-0.15, -0.1) is 11.3 Å². The molecule has 1 aliphatic rings. The zero-order chi connectivity index (χ0) is 19.7. The van der Waals surface area contributed by atoms with Gasteiger partial charge in [-0.3, -0.25) is 9.78 Å². The lowest BCUT2D eigenvalue weighted by atomic mass is 10.1. The van der Waals surface area contributed by atoms with Crippen molar-refractivity contribution in [3.8, 4) is 27.7 Å². The van der Waals surface area contributed by atoms with Crippen molar-refractivity contribution in [2.45, 2.75) is 26.4 Å². The lowest BCUT2D eigenvalue weighted by Crippen LogP contribution is -2.45. The van der Waals surface area contributed by atoms with Crippen LogP contribution >= 0.6 is 11.3 Å². The largest absolute Gasteiger partial charge is 0.479 e. The third kappa shape index (κ3) is 3.39. The standard InChI is InChI=1S/C21H21N3O3S/c1-13-21(26)24(10-5-11-25)17-12-15(7-8-18(17)27-13)19-14(2)28-20(23-19)16-6-3-4-9-22-16/h3-4,6-9,12-13,25H,5,10-11H2,1-2H3. The molecule has 0 bridgehead atoms. The number of nitrogens with zero attached hydrogens (tertiary/aromatic N) is 3. The summed E-state index contributed by atoms with van der Waals surface area (Å²) in [6.07, 6.45) is 1.74. The molecule has 1 unspecified atom stereocenters. The van der Waals surface area contributed by atoms with E-state index < -0.39 is 6.10 Å². The molecule has 1 N–H and O–H groups in total. The number of carbonyl (C=O) groups excluding carboxylic acids is 1. The fraction of sp³-hybridized carbons (Fsp3) is 0.286. The van der Waals surface area contributed by atoms with Crippen LogP contribution in [0.25, 0.3) is 22.0 Å². The van der Waals surface area contributed by atoms with Crippen molar-refractivity contribution in [2.75, 3.05) is 18.1 Å². The fourth-order valence-electron chi connectivity index (χ4n) is 3.28. The average molecular weight is 395 g/mol. The maximum atomic E-state index is 12.6. The molecular weight excluding hydrogens is 374 g/mol. The summed E-state index contributed by atoms with van der Waals surface area (Å²) in [6.45, 7) is 4.27. The molecule has 1 amide bonds. The van der Waals surface area contributed by atoms with Crippen LogP contribution in [0.3, 0.4) is 0 Å². The van der Waals surface area contributed by atoms with Crippen LogP contribution in [0.5, 0.6) is 5.75 Å². The highest BCUT2D eigenvalue weighted by Gasteiger charge is 2.31. The molecule has 3 aromatic rings. The second-order valence-corrected chi connectivity index (χ2v) is 7.85. The van der Waals surface area contributed by atoms with E-state index in [0.29, 0.717) is 18.7 Å². The number of anilines is 1. The van der Waals surface area contributed by atoms with Crippen LogP contribution in [0.2, 0.25) is 0 Å². The van der Waals surface area contributed by atoms with Crippen LogP contribution in [-0.4, -0.2) is 40.2 Å². The number of pyridine rings is 1. The molecule has 0 saturated carbocycles. The van der Waals surface area contributed by atoms with Crippen molar-refractivity contribution in [3.05, 3.63) is 47.5 Å². The number of thiazole rings is 1. The maximum absolute atomic E-state index is 12.6. The summed E-state index contributed by atoms with van der Waals surface area (Å²) in [7, 11) is 0. The summed E-state index contributed by atoms with van der Waals surface area (Å²) in [5.41, 5.74) is 3.37. The Labute approximate surface area is 167 Å². The Kier molecular flexibility index (Phi) is 5.11. The molecule has 1 aromatic carbocycles. The third-order valence-electron chi connectivity index (χ3n) is 4.66. The Bertz CT molecular complexity index is 1000. The quantitative estimate of drug-likeness (QED) is 0.713. The molecular formula is C21H21N3O3S. The average Bonchev–Trinajstić information content (AvgIpc) is 3.10. The maximum Gasteiger partial charge on any atom is 0.267 e. The lowest BCUT2D eigenvalue weighted by Gasteiger charge is -2.33. The summed E-state index contributed by atoms with van der Waals surface area (Å²) in [5.74, 6) is 0.578. The molecule has 28 heavy (non-hydrogen) atoms. The van der Waals surface area contributed by atoms with Crippen molar-refractivity contribution < 1.29 is 14.6 Å². The van der Waals surface area contributed by atoms with Gasteiger partial charge in [-0.2, -0.15) is 0 Å². The molecule has 0 radical (unpaired) electrons. The highest BCUT2D eigenvalue weighted by Crippen LogP contribution is 2.39. The van der Waals surface area contributed by atoms with E-state index in [1.165, 1.54) is 0 Å². The number of ether oxygens (including phenoxy) is 1. The zero-order valence-electron chi connectivity index (χ0n) is 15.8. The van der Waals surface area contributed by atoms with Gasteiger partial charge in [0.25, 0.3) is 5.91 Å². The van der Waals surface area contributed by atoms with Gasteiger partial charge in [0.05, 0.1) is 17.1 Å². The summed E-state index contributed by atoms with van der Waals surface area (Å²) < 4.78 is 5.77. The molecule has 7 heteroatoms. The van der Waals surface area contributed by atoms with Gasteiger partial charge >= 0.3 is 0 Å². The number of fused-ring (bicyclic) bond motifs is 1. The number of aliphatic hydroxyl groups excluding tert-OH is 1. The Morgan fingerprint density at radius 3 is 2.89 bits per heavy atom. The van der Waals surface area contributed by atoms with Crippen molar-refractivity contribution >= 4 is 22.9 Å². The van der Waals surface area contributed by atoms with Crippen molar-refractivity contribution in [1.29, 1.82) is 0 Å². The minimum Gasteiger partial charge on any atom is -0.479 e. The Hall–Kier alpha value is -2.77. The number of aromatic nitrogens is 2. The molecule has 2 aromatic heterocycles. The van der Waals surface area contributed by atoms with Crippen LogP contribution in [-0.2, 0) is 4.79 Å². The number of hydrogen-bond donors (Lipinski definition) is 1. The van der Waals surface area contributed by atoms with Crippen LogP contribution in [0.1, 0.15) is 18.2 Å². The third-order valence-corrected chi connectivity index (χ3v) is 5.65. The van der Waals surface area contributed by atoms with Gasteiger partial charge in [-0.1, -0.05) is 6.07 Å². The Morgan fingerprint density at radius 1 is 1.29 bits per heavy atom. The number of hydrogen-bond acceptors (Lipinski definition) is 6. The van der Waals surface area contributed by atoms with E-state index in [-0.39, 0.29) is 12.5 Å². The molecule has 0 spiro atoms. The summed E-state index contributed by atoms with van der Waals surface area (Å²) in [4.78, 5) is 24.6. The zero-order valence-corrected chi connectivity index (χ0v) is 16.6. The van der Waals surface area contributed by atoms with Gasteiger partial charge in [0, 0.05) is 29.8 Å². The van der Waals surface area contributed by atoms with Gasteiger partial charge < -0.3 is 14.7 Å². The van der Waals surface area contributed by atoms with Crippen LogP contribution in [0, 0.1) is 6.92 Å². The molecule has 4 rings (SSSR count). The van der Waals surface area contributed by atoms with E-state index in [2.05, 4.69) is 4.98 Å². The normalized spacial score (nSPS) is 16.0. The monoisotopic (exact) mass is 395 g/mol. The molecule has 1 aliphatic heterocycles. The fourth-order valence-corrected chi connectivity index (χ4v) is 4.19. The highest BCUT2D eigenvalue weighted by atomic mass is 32.1. The van der Waals surface area contributed by atoms with Crippen molar-refractivity contribution in [2.24, 2.45) is 0 Å². The number of aliphatic hydroxyl groups is 1. The highest BCUT2D eigenvalue weighted by molar-refractivity contribution is 7.15.